The highest BCUT2D eigenvalue weighted by Gasteiger charge is 2.30. The van der Waals surface area contributed by atoms with Gasteiger partial charge in [0.2, 0.25) is 0 Å². The molecule has 0 aliphatic heterocycles. The molecule has 0 bridgehead atoms. The molecule has 1 N–H and O–H groups in total. The lowest BCUT2D eigenvalue weighted by molar-refractivity contribution is -0.0535. The summed E-state index contributed by atoms with van der Waals surface area (Å²) in [5.41, 5.74) is 1.04. The number of rotatable bonds is 5. The molecule has 0 amide bonds. The van der Waals surface area contributed by atoms with Crippen LogP contribution in [0.2, 0.25) is 0 Å². The first kappa shape index (κ1) is 14.0. The van der Waals surface area contributed by atoms with Gasteiger partial charge < -0.3 is 9.84 Å². The van der Waals surface area contributed by atoms with Crippen molar-refractivity contribution < 1.29 is 9.84 Å². The summed E-state index contributed by atoms with van der Waals surface area (Å²) in [6.07, 6.45) is 6.40. The molecule has 18 heavy (non-hydrogen) atoms. The molecule has 1 fully saturated rings. The molecule has 0 saturated heterocycles. The van der Waals surface area contributed by atoms with Gasteiger partial charge >= 0.3 is 0 Å². The monoisotopic (exact) mass is 269 g/mol. The van der Waals surface area contributed by atoms with Gasteiger partial charge in [0.1, 0.15) is 0 Å². The second-order valence-corrected chi connectivity index (χ2v) is 6.20. The fraction of sp³-hybridized carbons (Fsp3) is 0.786. The third-order valence-corrected chi connectivity index (χ3v) is 4.81. The highest BCUT2D eigenvalue weighted by Crippen LogP contribution is 2.30. The topological polar surface area (TPSA) is 42.4 Å². The van der Waals surface area contributed by atoms with Gasteiger partial charge in [-0.3, -0.25) is 0 Å². The normalized spacial score (nSPS) is 20.8. The summed E-state index contributed by atoms with van der Waals surface area (Å²) >= 11 is 1.63. The van der Waals surface area contributed by atoms with Crippen molar-refractivity contribution in [3.05, 3.63) is 16.1 Å². The highest BCUT2D eigenvalue weighted by molar-refractivity contribution is 7.09. The van der Waals surface area contributed by atoms with Crippen LogP contribution in [0.25, 0.3) is 0 Å². The zero-order valence-electron chi connectivity index (χ0n) is 11.3. The van der Waals surface area contributed by atoms with E-state index in [9.17, 15) is 5.11 Å². The molecule has 1 aliphatic rings. The van der Waals surface area contributed by atoms with E-state index in [-0.39, 0.29) is 6.10 Å². The molecule has 1 saturated carbocycles. The minimum atomic E-state index is -0.427. The van der Waals surface area contributed by atoms with Gasteiger partial charge in [-0.15, -0.1) is 11.3 Å². The molecular formula is C14H23NO2S. The van der Waals surface area contributed by atoms with E-state index in [2.05, 4.69) is 4.98 Å². The molecule has 1 aromatic heterocycles. The van der Waals surface area contributed by atoms with E-state index in [0.29, 0.717) is 12.3 Å². The largest absolute Gasteiger partial charge is 0.390 e. The molecule has 1 heterocycles. The number of methoxy groups -OCH3 is 1. The van der Waals surface area contributed by atoms with Gasteiger partial charge in [0, 0.05) is 24.6 Å². The molecule has 4 heteroatoms. The van der Waals surface area contributed by atoms with Crippen LogP contribution in [0.5, 0.6) is 0 Å². The first-order valence-corrected chi connectivity index (χ1v) is 7.70. The molecule has 2 atom stereocenters. The molecular weight excluding hydrogens is 246 g/mol. The number of ether oxygens (including phenoxy) is 1. The number of hydrogen-bond donors (Lipinski definition) is 1. The van der Waals surface area contributed by atoms with Crippen molar-refractivity contribution in [1.29, 1.82) is 0 Å². The van der Waals surface area contributed by atoms with E-state index >= 15 is 0 Å². The Kier molecular flexibility index (Phi) is 5.15. The number of nitrogens with zero attached hydrogens (tertiary/aromatic N) is 1. The number of thiazole rings is 1. The Bertz CT molecular complexity index is 360. The van der Waals surface area contributed by atoms with Crippen molar-refractivity contribution in [2.75, 3.05) is 7.11 Å². The maximum Gasteiger partial charge on any atom is 0.0954 e. The van der Waals surface area contributed by atoms with Gasteiger partial charge in [0.05, 0.1) is 17.2 Å². The van der Waals surface area contributed by atoms with Crippen molar-refractivity contribution in [3.63, 3.8) is 0 Å². The summed E-state index contributed by atoms with van der Waals surface area (Å²) in [6, 6.07) is 0. The van der Waals surface area contributed by atoms with Crippen LogP contribution in [-0.2, 0) is 11.2 Å². The predicted octanol–water partition coefficient (Wildman–Crippen LogP) is 2.95. The van der Waals surface area contributed by atoms with E-state index in [1.807, 2.05) is 12.3 Å². The number of aryl methyl sites for hydroxylation is 1. The Morgan fingerprint density at radius 1 is 1.44 bits per heavy atom. The first-order chi connectivity index (χ1) is 8.70. The lowest BCUT2D eigenvalue weighted by Crippen LogP contribution is -2.37. The molecule has 0 aromatic carbocycles. The second-order valence-electron chi connectivity index (χ2n) is 5.25. The highest BCUT2D eigenvalue weighted by atomic mass is 32.1. The summed E-state index contributed by atoms with van der Waals surface area (Å²) in [5, 5.41) is 13.4. The quantitative estimate of drug-likeness (QED) is 0.893. The van der Waals surface area contributed by atoms with Crippen LogP contribution in [0.1, 0.15) is 42.8 Å². The van der Waals surface area contributed by atoms with Gasteiger partial charge in [-0.2, -0.15) is 0 Å². The Morgan fingerprint density at radius 2 is 2.17 bits per heavy atom. The zero-order chi connectivity index (χ0) is 13.0. The van der Waals surface area contributed by atoms with Crippen LogP contribution in [0, 0.1) is 12.8 Å². The van der Waals surface area contributed by atoms with Crippen molar-refractivity contribution in [2.24, 2.45) is 5.92 Å². The molecule has 2 rings (SSSR count). The smallest absolute Gasteiger partial charge is 0.0954 e. The number of aliphatic hydroxyl groups excluding tert-OH is 1. The third kappa shape index (κ3) is 3.53. The van der Waals surface area contributed by atoms with Crippen LogP contribution in [0.3, 0.4) is 0 Å². The van der Waals surface area contributed by atoms with Crippen molar-refractivity contribution in [2.45, 2.75) is 57.7 Å². The molecule has 1 aliphatic carbocycles. The van der Waals surface area contributed by atoms with Crippen molar-refractivity contribution in [1.82, 2.24) is 4.98 Å². The Labute approximate surface area is 113 Å². The van der Waals surface area contributed by atoms with E-state index in [4.69, 9.17) is 4.74 Å². The molecule has 0 radical (unpaired) electrons. The maximum atomic E-state index is 10.4. The predicted molar refractivity (Wildman–Crippen MR) is 73.9 cm³/mol. The summed E-state index contributed by atoms with van der Waals surface area (Å²) in [4.78, 5) is 4.42. The average Bonchev–Trinajstić information content (AvgIpc) is 2.77. The van der Waals surface area contributed by atoms with Crippen LogP contribution in [-0.4, -0.2) is 29.4 Å². The van der Waals surface area contributed by atoms with E-state index in [1.165, 1.54) is 32.1 Å². The zero-order valence-corrected chi connectivity index (χ0v) is 12.1. The summed E-state index contributed by atoms with van der Waals surface area (Å²) in [5.74, 6) is 0.514. The summed E-state index contributed by atoms with van der Waals surface area (Å²) < 4.78 is 5.56. The van der Waals surface area contributed by atoms with Gasteiger partial charge in [0.15, 0.2) is 0 Å². The standard InChI is InChI=1S/C14H23NO2S/c1-10-9-18-13(15-10)8-12(16)14(17-2)11-6-4-3-5-7-11/h9,11-12,14,16H,3-8H2,1-2H3. The van der Waals surface area contributed by atoms with Gasteiger partial charge in [-0.1, -0.05) is 19.3 Å². The van der Waals surface area contributed by atoms with Crippen LogP contribution < -0.4 is 0 Å². The first-order valence-electron chi connectivity index (χ1n) is 6.82. The Morgan fingerprint density at radius 3 is 2.72 bits per heavy atom. The average molecular weight is 269 g/mol. The fourth-order valence-corrected chi connectivity index (χ4v) is 3.74. The summed E-state index contributed by atoms with van der Waals surface area (Å²) in [6.45, 7) is 1.99. The van der Waals surface area contributed by atoms with Crippen LogP contribution in [0.4, 0.5) is 0 Å². The lowest BCUT2D eigenvalue weighted by Gasteiger charge is -2.32. The van der Waals surface area contributed by atoms with Crippen LogP contribution in [0.15, 0.2) is 5.38 Å². The maximum absolute atomic E-state index is 10.4. The van der Waals surface area contributed by atoms with Crippen molar-refractivity contribution in [3.8, 4) is 0 Å². The minimum Gasteiger partial charge on any atom is -0.390 e. The van der Waals surface area contributed by atoms with Gasteiger partial charge in [0.25, 0.3) is 0 Å². The fourth-order valence-electron chi connectivity index (χ4n) is 2.92. The molecule has 1 aromatic rings. The number of hydrogen-bond acceptors (Lipinski definition) is 4. The molecule has 3 nitrogen and oxygen atoms in total. The number of aromatic nitrogens is 1. The van der Waals surface area contributed by atoms with Crippen LogP contribution >= 0.6 is 11.3 Å². The summed E-state index contributed by atoms with van der Waals surface area (Å²) in [7, 11) is 1.72. The third-order valence-electron chi connectivity index (χ3n) is 3.82. The van der Waals surface area contributed by atoms with E-state index in [1.54, 1.807) is 18.4 Å². The molecule has 2 unspecified atom stereocenters. The second kappa shape index (κ2) is 6.64. The van der Waals surface area contributed by atoms with E-state index < -0.39 is 6.10 Å². The number of aliphatic hydroxyl groups is 1. The van der Waals surface area contributed by atoms with Crippen molar-refractivity contribution >= 4 is 11.3 Å². The SMILES string of the molecule is COC(C(O)Cc1nc(C)cs1)C1CCCCC1. The van der Waals surface area contributed by atoms with Gasteiger partial charge in [-0.05, 0) is 25.7 Å². The van der Waals surface area contributed by atoms with Gasteiger partial charge in [-0.25, -0.2) is 4.98 Å². The Hall–Kier alpha value is -0.450. The Balaban J connectivity index is 1.93. The minimum absolute atomic E-state index is 0.0329. The van der Waals surface area contributed by atoms with E-state index in [0.717, 1.165) is 10.7 Å². The lowest BCUT2D eigenvalue weighted by atomic mass is 9.82. The molecule has 102 valence electrons. The molecule has 0 spiro atoms.